The van der Waals surface area contributed by atoms with Gasteiger partial charge in [0.25, 0.3) is 11.1 Å². The summed E-state index contributed by atoms with van der Waals surface area (Å²) >= 11 is 2.94. The number of imide groups is 1. The van der Waals surface area contributed by atoms with Gasteiger partial charge in [0, 0.05) is 0 Å². The molecule has 7 nitrogen and oxygen atoms in total. The van der Waals surface area contributed by atoms with Crippen molar-refractivity contribution in [1.82, 2.24) is 4.90 Å². The Kier molecular flexibility index (Phi) is 8.41. The van der Waals surface area contributed by atoms with Crippen molar-refractivity contribution in [2.24, 2.45) is 0 Å². The molecule has 2 aromatic rings. The van der Waals surface area contributed by atoms with Crippen molar-refractivity contribution in [2.75, 3.05) is 13.7 Å². The molecular formula is C24H24INO6S. The second-order valence-corrected chi connectivity index (χ2v) is 9.71. The van der Waals surface area contributed by atoms with Crippen LogP contribution in [0.1, 0.15) is 30.5 Å². The molecule has 1 heterocycles. The quantitative estimate of drug-likeness (QED) is 0.242. The van der Waals surface area contributed by atoms with E-state index in [0.29, 0.717) is 23.7 Å². The molecule has 0 aromatic heterocycles. The minimum Gasteiger partial charge on any atom is -0.493 e. The third-order valence-corrected chi connectivity index (χ3v) is 6.42. The number of carbonyl (C=O) groups is 3. The molecule has 1 fully saturated rings. The van der Waals surface area contributed by atoms with E-state index in [9.17, 15) is 14.4 Å². The monoisotopic (exact) mass is 581 g/mol. The van der Waals surface area contributed by atoms with Crippen LogP contribution in [0.15, 0.2) is 41.3 Å². The SMILES string of the molecule is COc1cc(/C=C2\SC(=O)N(CC(=O)OC(C)C)C2=O)cc(I)c1OCc1ccccc1C. The third-order valence-electron chi connectivity index (χ3n) is 4.71. The molecule has 2 amide bonds. The Morgan fingerprint density at radius 3 is 2.61 bits per heavy atom. The molecule has 0 radical (unpaired) electrons. The summed E-state index contributed by atoms with van der Waals surface area (Å²) in [4.78, 5) is 38.0. The normalized spacial score (nSPS) is 14.8. The van der Waals surface area contributed by atoms with Crippen LogP contribution in [-0.2, 0) is 20.9 Å². The molecule has 3 rings (SSSR count). The number of esters is 1. The number of thioether (sulfide) groups is 1. The van der Waals surface area contributed by atoms with Crippen molar-refractivity contribution < 1.29 is 28.6 Å². The molecule has 174 valence electrons. The standard InChI is InChI=1S/C24H24INO6S/c1-14(2)32-21(27)12-26-23(28)20(33-24(26)29)11-16-9-18(25)22(19(10-16)30-4)31-13-17-8-6-5-7-15(17)3/h5-11,14H,12-13H2,1-4H3/b20-11-. The summed E-state index contributed by atoms with van der Waals surface area (Å²) < 4.78 is 17.4. The van der Waals surface area contributed by atoms with Crippen LogP contribution in [0.4, 0.5) is 4.79 Å². The van der Waals surface area contributed by atoms with Gasteiger partial charge in [-0.05, 0) is 90.0 Å². The summed E-state index contributed by atoms with van der Waals surface area (Å²) in [5, 5.41) is -0.508. The molecule has 0 aliphatic carbocycles. The smallest absolute Gasteiger partial charge is 0.326 e. The highest BCUT2D eigenvalue weighted by Gasteiger charge is 2.36. The maximum Gasteiger partial charge on any atom is 0.326 e. The molecule has 0 saturated carbocycles. The average Bonchev–Trinajstić information content (AvgIpc) is 3.00. The Balaban J connectivity index is 1.79. The zero-order valence-corrected chi connectivity index (χ0v) is 21.7. The van der Waals surface area contributed by atoms with Crippen LogP contribution >= 0.6 is 34.4 Å². The van der Waals surface area contributed by atoms with Gasteiger partial charge in [-0.2, -0.15) is 0 Å². The molecule has 9 heteroatoms. The van der Waals surface area contributed by atoms with Gasteiger partial charge < -0.3 is 14.2 Å². The van der Waals surface area contributed by atoms with Crippen LogP contribution in [0.2, 0.25) is 0 Å². The van der Waals surface area contributed by atoms with Gasteiger partial charge in [-0.3, -0.25) is 19.3 Å². The first-order valence-corrected chi connectivity index (χ1v) is 12.1. The number of halogens is 1. The van der Waals surface area contributed by atoms with Crippen LogP contribution < -0.4 is 9.47 Å². The fourth-order valence-electron chi connectivity index (χ4n) is 3.10. The molecular weight excluding hydrogens is 557 g/mol. The summed E-state index contributed by atoms with van der Waals surface area (Å²) in [6, 6.07) is 11.6. The average molecular weight is 581 g/mol. The van der Waals surface area contributed by atoms with Gasteiger partial charge in [-0.1, -0.05) is 24.3 Å². The highest BCUT2D eigenvalue weighted by molar-refractivity contribution is 14.1. The molecule has 33 heavy (non-hydrogen) atoms. The van der Waals surface area contributed by atoms with E-state index in [1.807, 2.05) is 37.3 Å². The number of carbonyl (C=O) groups excluding carboxylic acids is 3. The van der Waals surface area contributed by atoms with E-state index in [2.05, 4.69) is 22.6 Å². The summed E-state index contributed by atoms with van der Waals surface area (Å²) in [6.07, 6.45) is 1.28. The predicted molar refractivity (Wildman–Crippen MR) is 135 cm³/mol. The van der Waals surface area contributed by atoms with Crippen molar-refractivity contribution in [1.29, 1.82) is 0 Å². The number of hydrogen-bond acceptors (Lipinski definition) is 7. The van der Waals surface area contributed by atoms with Gasteiger partial charge in [-0.15, -0.1) is 0 Å². The van der Waals surface area contributed by atoms with E-state index in [-0.39, 0.29) is 11.0 Å². The third kappa shape index (κ3) is 6.29. The Hall–Kier alpha value is -2.53. The van der Waals surface area contributed by atoms with E-state index in [0.717, 1.165) is 31.4 Å². The van der Waals surface area contributed by atoms with Crippen molar-refractivity contribution in [2.45, 2.75) is 33.5 Å². The Bertz CT molecular complexity index is 1110. The maximum atomic E-state index is 12.7. The Labute approximate surface area is 210 Å². The first-order valence-electron chi connectivity index (χ1n) is 10.2. The molecule has 0 N–H and O–H groups in total. The summed E-state index contributed by atoms with van der Waals surface area (Å²) in [5.41, 5.74) is 2.88. The highest BCUT2D eigenvalue weighted by Crippen LogP contribution is 2.37. The second-order valence-electron chi connectivity index (χ2n) is 7.56. The number of rotatable bonds is 8. The number of amides is 2. The number of hydrogen-bond donors (Lipinski definition) is 0. The molecule has 1 saturated heterocycles. The Morgan fingerprint density at radius 1 is 1.21 bits per heavy atom. The summed E-state index contributed by atoms with van der Waals surface area (Å²) in [6.45, 7) is 5.42. The maximum absolute atomic E-state index is 12.7. The lowest BCUT2D eigenvalue weighted by Gasteiger charge is -2.15. The van der Waals surface area contributed by atoms with Crippen molar-refractivity contribution in [3.8, 4) is 11.5 Å². The van der Waals surface area contributed by atoms with E-state index >= 15 is 0 Å². The lowest BCUT2D eigenvalue weighted by atomic mass is 10.1. The minimum absolute atomic E-state index is 0.226. The molecule has 0 bridgehead atoms. The Morgan fingerprint density at radius 2 is 1.94 bits per heavy atom. The van der Waals surface area contributed by atoms with E-state index in [4.69, 9.17) is 14.2 Å². The van der Waals surface area contributed by atoms with Crippen LogP contribution in [-0.4, -0.2) is 41.8 Å². The topological polar surface area (TPSA) is 82.1 Å². The predicted octanol–water partition coefficient (Wildman–Crippen LogP) is 5.18. The van der Waals surface area contributed by atoms with E-state index in [1.54, 1.807) is 33.1 Å². The summed E-state index contributed by atoms with van der Waals surface area (Å²) in [7, 11) is 1.55. The first-order chi connectivity index (χ1) is 15.7. The lowest BCUT2D eigenvalue weighted by molar-refractivity contribution is -0.149. The molecule has 0 atom stereocenters. The van der Waals surface area contributed by atoms with Crippen LogP contribution in [0.3, 0.4) is 0 Å². The van der Waals surface area contributed by atoms with Gasteiger partial charge in [0.2, 0.25) is 0 Å². The minimum atomic E-state index is -0.625. The zero-order chi connectivity index (χ0) is 24.1. The number of aryl methyl sites for hydroxylation is 1. The van der Waals surface area contributed by atoms with E-state index < -0.39 is 23.7 Å². The van der Waals surface area contributed by atoms with Crippen molar-refractivity contribution >= 4 is 57.5 Å². The van der Waals surface area contributed by atoms with Crippen LogP contribution in [0.25, 0.3) is 6.08 Å². The lowest BCUT2D eigenvalue weighted by Crippen LogP contribution is -2.35. The van der Waals surface area contributed by atoms with Crippen LogP contribution in [0.5, 0.6) is 11.5 Å². The van der Waals surface area contributed by atoms with Gasteiger partial charge in [0.15, 0.2) is 11.5 Å². The largest absolute Gasteiger partial charge is 0.493 e. The van der Waals surface area contributed by atoms with Crippen molar-refractivity contribution in [3.05, 3.63) is 61.6 Å². The number of methoxy groups -OCH3 is 1. The number of benzene rings is 2. The van der Waals surface area contributed by atoms with Crippen LogP contribution in [0, 0.1) is 10.5 Å². The molecule has 1 aliphatic heterocycles. The molecule has 1 aliphatic rings. The van der Waals surface area contributed by atoms with Gasteiger partial charge >= 0.3 is 5.97 Å². The molecule has 0 unspecified atom stereocenters. The molecule has 2 aromatic carbocycles. The summed E-state index contributed by atoms with van der Waals surface area (Å²) in [5.74, 6) is -0.0380. The van der Waals surface area contributed by atoms with E-state index in [1.165, 1.54) is 0 Å². The fourth-order valence-corrected chi connectivity index (χ4v) is 4.72. The van der Waals surface area contributed by atoms with Gasteiger partial charge in [0.05, 0.1) is 21.7 Å². The van der Waals surface area contributed by atoms with Crippen molar-refractivity contribution in [3.63, 3.8) is 0 Å². The number of nitrogens with zero attached hydrogens (tertiary/aromatic N) is 1. The number of ether oxygens (including phenoxy) is 3. The first kappa shape index (κ1) is 25.1. The second kappa shape index (κ2) is 11.1. The van der Waals surface area contributed by atoms with Gasteiger partial charge in [-0.25, -0.2) is 0 Å². The molecule has 0 spiro atoms. The fraction of sp³-hybridized carbons (Fsp3) is 0.292. The zero-order valence-electron chi connectivity index (χ0n) is 18.7. The van der Waals surface area contributed by atoms with Gasteiger partial charge in [0.1, 0.15) is 13.2 Å². The highest BCUT2D eigenvalue weighted by atomic mass is 127.